The summed E-state index contributed by atoms with van der Waals surface area (Å²) < 4.78 is 4.59. The van der Waals surface area contributed by atoms with Crippen LogP contribution in [0.2, 0.25) is 0 Å². The minimum Gasteiger partial charge on any atom is -0.453 e. The van der Waals surface area contributed by atoms with Gasteiger partial charge in [0.15, 0.2) is 0 Å². The van der Waals surface area contributed by atoms with Crippen molar-refractivity contribution in [3.8, 4) is 0 Å². The minimum atomic E-state index is -0.414. The fourth-order valence-electron chi connectivity index (χ4n) is 1.76. The SMILES string of the molecule is COC(=O)N1CC(C)(C)CC1C=O. The first-order chi connectivity index (χ1) is 6.00. The average Bonchev–Trinajstić information content (AvgIpc) is 2.39. The number of hydrogen-bond acceptors (Lipinski definition) is 3. The van der Waals surface area contributed by atoms with Gasteiger partial charge in [-0.25, -0.2) is 4.79 Å². The van der Waals surface area contributed by atoms with E-state index >= 15 is 0 Å². The number of carbonyl (C=O) groups excluding carboxylic acids is 2. The fraction of sp³-hybridized carbons (Fsp3) is 0.778. The second-order valence-electron chi connectivity index (χ2n) is 4.17. The van der Waals surface area contributed by atoms with E-state index in [1.54, 1.807) is 0 Å². The number of likely N-dealkylation sites (tertiary alicyclic amines) is 1. The first-order valence-electron chi connectivity index (χ1n) is 4.30. The molecule has 4 nitrogen and oxygen atoms in total. The van der Waals surface area contributed by atoms with Crippen molar-refractivity contribution >= 4 is 12.4 Å². The largest absolute Gasteiger partial charge is 0.453 e. The molecule has 1 atom stereocenters. The summed E-state index contributed by atoms with van der Waals surface area (Å²) in [5.74, 6) is 0. The zero-order valence-corrected chi connectivity index (χ0v) is 8.24. The van der Waals surface area contributed by atoms with Gasteiger partial charge < -0.3 is 9.53 Å². The van der Waals surface area contributed by atoms with Gasteiger partial charge in [0.1, 0.15) is 6.29 Å². The van der Waals surface area contributed by atoms with Gasteiger partial charge >= 0.3 is 6.09 Å². The van der Waals surface area contributed by atoms with Crippen LogP contribution in [0.15, 0.2) is 0 Å². The summed E-state index contributed by atoms with van der Waals surface area (Å²) in [6.45, 7) is 4.65. The van der Waals surface area contributed by atoms with Crippen LogP contribution in [-0.4, -0.2) is 37.0 Å². The molecule has 1 fully saturated rings. The van der Waals surface area contributed by atoms with E-state index in [1.165, 1.54) is 12.0 Å². The van der Waals surface area contributed by atoms with Crippen molar-refractivity contribution in [2.24, 2.45) is 5.41 Å². The Kier molecular flexibility index (Phi) is 2.59. The molecule has 1 aliphatic heterocycles. The van der Waals surface area contributed by atoms with E-state index in [-0.39, 0.29) is 11.5 Å². The Labute approximate surface area is 77.8 Å². The van der Waals surface area contributed by atoms with Crippen LogP contribution < -0.4 is 0 Å². The number of carbonyl (C=O) groups is 2. The van der Waals surface area contributed by atoms with Crippen molar-refractivity contribution in [2.45, 2.75) is 26.3 Å². The summed E-state index contributed by atoms with van der Waals surface area (Å²) in [7, 11) is 1.33. The summed E-state index contributed by atoms with van der Waals surface area (Å²) in [6, 6.07) is -0.317. The second-order valence-corrected chi connectivity index (χ2v) is 4.17. The molecule has 0 aromatic rings. The number of rotatable bonds is 1. The standard InChI is InChI=1S/C9H15NO3/c1-9(2)4-7(5-11)10(6-9)8(12)13-3/h5,7H,4,6H2,1-3H3. The zero-order valence-electron chi connectivity index (χ0n) is 8.24. The topological polar surface area (TPSA) is 46.6 Å². The lowest BCUT2D eigenvalue weighted by molar-refractivity contribution is -0.111. The zero-order chi connectivity index (χ0) is 10.1. The Morgan fingerprint density at radius 3 is 2.69 bits per heavy atom. The smallest absolute Gasteiger partial charge is 0.410 e. The number of aldehydes is 1. The maximum absolute atomic E-state index is 11.2. The monoisotopic (exact) mass is 185 g/mol. The summed E-state index contributed by atoms with van der Waals surface area (Å²) in [5, 5.41) is 0. The van der Waals surface area contributed by atoms with Crippen molar-refractivity contribution < 1.29 is 14.3 Å². The Balaban J connectivity index is 2.74. The number of hydrogen-bond donors (Lipinski definition) is 0. The van der Waals surface area contributed by atoms with E-state index < -0.39 is 6.09 Å². The molecule has 0 N–H and O–H groups in total. The highest BCUT2D eigenvalue weighted by molar-refractivity contribution is 5.74. The normalized spacial score (nSPS) is 25.8. The van der Waals surface area contributed by atoms with Gasteiger partial charge in [0.2, 0.25) is 0 Å². The third-order valence-electron chi connectivity index (χ3n) is 2.33. The lowest BCUT2D eigenvalue weighted by Crippen LogP contribution is -2.36. The van der Waals surface area contributed by atoms with Crippen LogP contribution in [0.5, 0.6) is 0 Å². The Morgan fingerprint density at radius 1 is 1.62 bits per heavy atom. The third-order valence-corrected chi connectivity index (χ3v) is 2.33. The molecule has 0 aromatic heterocycles. The Bertz CT molecular complexity index is 225. The molecule has 1 saturated heterocycles. The molecule has 4 heteroatoms. The molecule has 1 rings (SSSR count). The molecule has 0 saturated carbocycles. The predicted molar refractivity (Wildman–Crippen MR) is 47.4 cm³/mol. The molecule has 74 valence electrons. The van der Waals surface area contributed by atoms with Gasteiger partial charge in [-0.1, -0.05) is 13.8 Å². The number of nitrogens with zero attached hydrogens (tertiary/aromatic N) is 1. The van der Waals surface area contributed by atoms with Crippen LogP contribution >= 0.6 is 0 Å². The van der Waals surface area contributed by atoms with Gasteiger partial charge in [0, 0.05) is 6.54 Å². The van der Waals surface area contributed by atoms with Crippen molar-refractivity contribution in [1.82, 2.24) is 4.90 Å². The molecule has 0 aromatic carbocycles. The van der Waals surface area contributed by atoms with Crippen LogP contribution in [0.1, 0.15) is 20.3 Å². The van der Waals surface area contributed by atoms with Gasteiger partial charge in [0.05, 0.1) is 13.2 Å². The molecule has 13 heavy (non-hydrogen) atoms. The molecule has 1 aliphatic rings. The van der Waals surface area contributed by atoms with Crippen LogP contribution in [0, 0.1) is 5.41 Å². The lowest BCUT2D eigenvalue weighted by Gasteiger charge is -2.19. The highest BCUT2D eigenvalue weighted by atomic mass is 16.5. The Morgan fingerprint density at radius 2 is 2.23 bits per heavy atom. The summed E-state index contributed by atoms with van der Waals surface area (Å²) in [4.78, 5) is 23.4. The highest BCUT2D eigenvalue weighted by Gasteiger charge is 2.40. The Hall–Kier alpha value is -1.06. The maximum Gasteiger partial charge on any atom is 0.410 e. The van der Waals surface area contributed by atoms with Gasteiger partial charge in [-0.3, -0.25) is 4.90 Å². The molecule has 1 heterocycles. The van der Waals surface area contributed by atoms with Crippen molar-refractivity contribution in [1.29, 1.82) is 0 Å². The van der Waals surface area contributed by atoms with E-state index in [2.05, 4.69) is 4.74 Å². The van der Waals surface area contributed by atoms with E-state index in [0.29, 0.717) is 13.0 Å². The minimum absolute atomic E-state index is 0.0137. The molecular weight excluding hydrogens is 170 g/mol. The number of amides is 1. The molecule has 0 radical (unpaired) electrons. The fourth-order valence-corrected chi connectivity index (χ4v) is 1.76. The number of methoxy groups -OCH3 is 1. The van der Waals surface area contributed by atoms with E-state index in [9.17, 15) is 9.59 Å². The van der Waals surface area contributed by atoms with E-state index in [1.807, 2.05) is 13.8 Å². The summed E-state index contributed by atoms with van der Waals surface area (Å²) in [6.07, 6.45) is 1.11. The average molecular weight is 185 g/mol. The predicted octanol–water partition coefficient (Wildman–Crippen LogP) is 1.05. The van der Waals surface area contributed by atoms with Crippen LogP contribution in [0.4, 0.5) is 4.79 Å². The summed E-state index contributed by atoms with van der Waals surface area (Å²) in [5.41, 5.74) is 0.0137. The molecule has 1 unspecified atom stereocenters. The number of ether oxygens (including phenoxy) is 1. The van der Waals surface area contributed by atoms with E-state index in [0.717, 1.165) is 6.29 Å². The van der Waals surface area contributed by atoms with Crippen molar-refractivity contribution in [2.75, 3.05) is 13.7 Å². The molecule has 0 bridgehead atoms. The molecule has 1 amide bonds. The molecular formula is C9H15NO3. The quantitative estimate of drug-likeness (QED) is 0.574. The third kappa shape index (κ3) is 1.99. The van der Waals surface area contributed by atoms with Gasteiger partial charge in [-0.05, 0) is 11.8 Å². The molecule has 0 spiro atoms. The van der Waals surface area contributed by atoms with Crippen molar-refractivity contribution in [3.63, 3.8) is 0 Å². The van der Waals surface area contributed by atoms with Crippen LogP contribution in [0.25, 0.3) is 0 Å². The lowest BCUT2D eigenvalue weighted by atomic mass is 9.91. The van der Waals surface area contributed by atoms with Crippen molar-refractivity contribution in [3.05, 3.63) is 0 Å². The van der Waals surface area contributed by atoms with Gasteiger partial charge in [0.25, 0.3) is 0 Å². The first-order valence-corrected chi connectivity index (χ1v) is 4.30. The molecule has 0 aliphatic carbocycles. The van der Waals surface area contributed by atoms with Crippen LogP contribution in [0.3, 0.4) is 0 Å². The first kappa shape index (κ1) is 10.0. The van der Waals surface area contributed by atoms with E-state index in [4.69, 9.17) is 0 Å². The maximum atomic E-state index is 11.2. The van der Waals surface area contributed by atoms with Crippen LogP contribution in [-0.2, 0) is 9.53 Å². The van der Waals surface area contributed by atoms with Gasteiger partial charge in [-0.2, -0.15) is 0 Å². The highest BCUT2D eigenvalue weighted by Crippen LogP contribution is 2.33. The van der Waals surface area contributed by atoms with Gasteiger partial charge in [-0.15, -0.1) is 0 Å². The summed E-state index contributed by atoms with van der Waals surface area (Å²) >= 11 is 0. The second kappa shape index (κ2) is 3.36.